The molecule has 3 aromatic rings. The first-order valence-corrected chi connectivity index (χ1v) is 11.4. The molecule has 0 bridgehead atoms. The van der Waals surface area contributed by atoms with Gasteiger partial charge >= 0.3 is 18.0 Å². The third-order valence-electron chi connectivity index (χ3n) is 4.76. The summed E-state index contributed by atoms with van der Waals surface area (Å²) in [5.41, 5.74) is 4.55. The molecule has 1 heterocycles. The highest BCUT2D eigenvalue weighted by Crippen LogP contribution is 2.30. The number of carbonyl (C=O) groups excluding carboxylic acids is 2. The molecule has 2 amide bonds. The lowest BCUT2D eigenvalue weighted by Gasteiger charge is -2.20. The first-order chi connectivity index (χ1) is 17.4. The number of alkyl halides is 3. The summed E-state index contributed by atoms with van der Waals surface area (Å²) in [7, 11) is 0. The Balaban J connectivity index is 1.94. The molecule has 196 valence electrons. The second kappa shape index (κ2) is 11.7. The second-order valence-electron chi connectivity index (χ2n) is 7.39. The van der Waals surface area contributed by atoms with E-state index in [9.17, 15) is 27.6 Å². The average Bonchev–Trinajstić information content (AvgIpc) is 3.12. The van der Waals surface area contributed by atoms with Crippen LogP contribution in [0.4, 0.5) is 18.0 Å². The predicted molar refractivity (Wildman–Crippen MR) is 131 cm³/mol. The molecule has 3 rings (SSSR count). The fourth-order valence-corrected chi connectivity index (χ4v) is 3.72. The van der Waals surface area contributed by atoms with E-state index in [0.29, 0.717) is 20.5 Å². The maximum absolute atomic E-state index is 12.9. The third kappa shape index (κ3) is 7.51. The zero-order valence-electron chi connectivity index (χ0n) is 18.5. The van der Waals surface area contributed by atoms with E-state index in [4.69, 9.17) is 45.3 Å². The summed E-state index contributed by atoms with van der Waals surface area (Å²) in [4.78, 5) is 36.8. The summed E-state index contributed by atoms with van der Waals surface area (Å²) >= 11 is 18.1. The Morgan fingerprint density at radius 1 is 1.14 bits per heavy atom. The van der Waals surface area contributed by atoms with Gasteiger partial charge in [-0.1, -0.05) is 46.9 Å². The number of ether oxygens (including phenoxy) is 1. The van der Waals surface area contributed by atoms with Crippen molar-refractivity contribution in [2.45, 2.75) is 18.8 Å². The van der Waals surface area contributed by atoms with E-state index in [-0.39, 0.29) is 33.1 Å². The van der Waals surface area contributed by atoms with E-state index in [0.717, 1.165) is 0 Å². The van der Waals surface area contributed by atoms with Crippen LogP contribution in [0.1, 0.15) is 11.6 Å². The minimum absolute atomic E-state index is 0.0753. The van der Waals surface area contributed by atoms with Gasteiger partial charge < -0.3 is 15.8 Å². The van der Waals surface area contributed by atoms with Crippen molar-refractivity contribution in [2.75, 3.05) is 6.61 Å². The Bertz CT molecular complexity index is 1390. The molecule has 15 heteroatoms. The number of nitrogens with one attached hydrogen (secondary N) is 1. The van der Waals surface area contributed by atoms with E-state index >= 15 is 0 Å². The molecular weight excluding hydrogens is 562 g/mol. The van der Waals surface area contributed by atoms with Crippen LogP contribution >= 0.6 is 34.8 Å². The topological polar surface area (TPSA) is 121 Å². The summed E-state index contributed by atoms with van der Waals surface area (Å²) in [5, 5.41) is 7.15. The molecule has 9 nitrogen and oxygen atoms in total. The van der Waals surface area contributed by atoms with Crippen LogP contribution in [0.25, 0.3) is 17.6 Å². The quantitative estimate of drug-likeness (QED) is 0.403. The Morgan fingerprint density at radius 3 is 2.43 bits per heavy atom. The van der Waals surface area contributed by atoms with Crippen molar-refractivity contribution >= 4 is 53.0 Å². The largest absolute Gasteiger partial charge is 0.447 e. The first-order valence-electron chi connectivity index (χ1n) is 10.2. The highest BCUT2D eigenvalue weighted by atomic mass is 35.5. The predicted octanol–water partition coefficient (Wildman–Crippen LogP) is 4.66. The summed E-state index contributed by atoms with van der Waals surface area (Å²) in [6.07, 6.45) is -5.46. The fourth-order valence-electron chi connectivity index (χ4n) is 3.15. The molecule has 0 saturated carbocycles. The van der Waals surface area contributed by atoms with Gasteiger partial charge in [0.15, 0.2) is 5.82 Å². The highest BCUT2D eigenvalue weighted by Gasteiger charge is 2.25. The Labute approximate surface area is 222 Å². The van der Waals surface area contributed by atoms with Crippen molar-refractivity contribution in [1.82, 2.24) is 19.7 Å². The van der Waals surface area contributed by atoms with E-state index < -0.39 is 43.1 Å². The zero-order chi connectivity index (χ0) is 27.3. The van der Waals surface area contributed by atoms with Crippen molar-refractivity contribution in [2.24, 2.45) is 5.73 Å². The van der Waals surface area contributed by atoms with Gasteiger partial charge in [0, 0.05) is 22.9 Å². The number of carbonyl (C=O) groups is 2. The van der Waals surface area contributed by atoms with Gasteiger partial charge in [-0.25, -0.2) is 18.8 Å². The maximum Gasteiger partial charge on any atom is 0.411 e. The zero-order valence-corrected chi connectivity index (χ0v) is 20.8. The first kappa shape index (κ1) is 28.1. The average molecular weight is 579 g/mol. The molecular formula is C22H17Cl3F3N5O4. The second-order valence-corrected chi connectivity index (χ2v) is 8.61. The molecule has 3 N–H and O–H groups in total. The molecule has 37 heavy (non-hydrogen) atoms. The number of hydrogen-bond acceptors (Lipinski definition) is 5. The molecule has 0 aliphatic carbocycles. The molecule has 0 fully saturated rings. The molecule has 2 aromatic carbocycles. The summed E-state index contributed by atoms with van der Waals surface area (Å²) in [5.74, 6) is -0.968. The Hall–Kier alpha value is -3.48. The SMILES string of the molecule is NC(=O)OCC(NC(=O)Cn1nc(-c2ccc(Cl)cc2)n(/C=C/C(F)(F)F)c1=O)c1cccc(Cl)c1Cl. The van der Waals surface area contributed by atoms with Gasteiger partial charge in [0.2, 0.25) is 5.91 Å². The van der Waals surface area contributed by atoms with Crippen LogP contribution in [0, 0.1) is 0 Å². The number of rotatable bonds is 8. The van der Waals surface area contributed by atoms with Crippen LogP contribution in [-0.2, 0) is 16.1 Å². The molecule has 0 aliphatic heterocycles. The minimum atomic E-state index is -4.71. The maximum atomic E-state index is 12.9. The number of allylic oxidation sites excluding steroid dienone is 1. The van der Waals surface area contributed by atoms with Gasteiger partial charge in [0.1, 0.15) is 13.2 Å². The Morgan fingerprint density at radius 2 is 1.81 bits per heavy atom. The van der Waals surface area contributed by atoms with Crippen LogP contribution in [0.5, 0.6) is 0 Å². The number of hydrogen-bond donors (Lipinski definition) is 2. The summed E-state index contributed by atoms with van der Waals surface area (Å²) in [6, 6.07) is 9.36. The van der Waals surface area contributed by atoms with E-state index in [1.807, 2.05) is 0 Å². The van der Waals surface area contributed by atoms with Gasteiger partial charge in [-0.15, -0.1) is 5.10 Å². The number of aromatic nitrogens is 3. The molecule has 0 saturated heterocycles. The van der Waals surface area contributed by atoms with E-state index in [1.54, 1.807) is 6.07 Å². The molecule has 1 unspecified atom stereocenters. The van der Waals surface area contributed by atoms with Crippen LogP contribution < -0.4 is 16.7 Å². The number of nitrogens with two attached hydrogens (primary N) is 1. The molecule has 1 atom stereocenters. The lowest BCUT2D eigenvalue weighted by Crippen LogP contribution is -2.37. The fraction of sp³-hybridized carbons (Fsp3) is 0.182. The van der Waals surface area contributed by atoms with Gasteiger partial charge in [-0.3, -0.25) is 4.79 Å². The van der Waals surface area contributed by atoms with E-state index in [2.05, 4.69) is 10.4 Å². The van der Waals surface area contributed by atoms with Crippen molar-refractivity contribution in [3.05, 3.63) is 79.7 Å². The number of nitrogens with zero attached hydrogens (tertiary/aromatic N) is 3. The normalized spacial score (nSPS) is 12.5. The van der Waals surface area contributed by atoms with Crippen molar-refractivity contribution < 1.29 is 27.5 Å². The summed E-state index contributed by atoms with van der Waals surface area (Å²) in [6.45, 7) is -1.12. The van der Waals surface area contributed by atoms with E-state index in [1.165, 1.54) is 36.4 Å². The number of halogens is 6. The lowest BCUT2D eigenvalue weighted by atomic mass is 10.1. The van der Waals surface area contributed by atoms with Crippen LogP contribution in [0.3, 0.4) is 0 Å². The third-order valence-corrected chi connectivity index (χ3v) is 5.85. The van der Waals surface area contributed by atoms with Crippen molar-refractivity contribution in [3.8, 4) is 11.4 Å². The number of primary amides is 1. The minimum Gasteiger partial charge on any atom is -0.447 e. The van der Waals surface area contributed by atoms with Crippen LogP contribution in [0.2, 0.25) is 15.1 Å². The highest BCUT2D eigenvalue weighted by molar-refractivity contribution is 6.42. The monoisotopic (exact) mass is 577 g/mol. The molecule has 1 aromatic heterocycles. The number of amides is 2. The van der Waals surface area contributed by atoms with Gasteiger partial charge in [0.05, 0.1) is 16.1 Å². The molecule has 0 aliphatic rings. The number of benzene rings is 2. The van der Waals surface area contributed by atoms with Crippen molar-refractivity contribution in [1.29, 1.82) is 0 Å². The molecule has 0 radical (unpaired) electrons. The van der Waals surface area contributed by atoms with Crippen LogP contribution in [-0.4, -0.2) is 39.1 Å². The van der Waals surface area contributed by atoms with Crippen LogP contribution in [0.15, 0.2) is 53.3 Å². The summed E-state index contributed by atoms with van der Waals surface area (Å²) < 4.78 is 44.5. The molecule has 0 spiro atoms. The van der Waals surface area contributed by atoms with Gasteiger partial charge in [-0.2, -0.15) is 13.2 Å². The lowest BCUT2D eigenvalue weighted by molar-refractivity contribution is -0.123. The smallest absolute Gasteiger partial charge is 0.411 e. The van der Waals surface area contributed by atoms with Crippen molar-refractivity contribution in [3.63, 3.8) is 0 Å². The van der Waals surface area contributed by atoms with Gasteiger partial charge in [-0.05, 0) is 35.9 Å². The standard InChI is InChI=1S/C22H17Cl3F3N5O4/c23-13-6-4-12(5-7-13)19-31-33(21(36)32(19)9-8-22(26,27)28)10-17(34)30-16(11-37-20(29)35)14-2-1-3-15(24)18(14)25/h1-9,16H,10-11H2,(H2,29,35)(H,30,34)/b9-8+. The van der Waals surface area contributed by atoms with Gasteiger partial charge in [0.25, 0.3) is 0 Å². The Kier molecular flexibility index (Phi) is 8.89.